The zero-order valence-electron chi connectivity index (χ0n) is 11.2. The first-order valence-electron chi connectivity index (χ1n) is 7.12. The highest BCUT2D eigenvalue weighted by Gasteiger charge is 2.40. The molecule has 0 radical (unpaired) electrons. The molecule has 2 heterocycles. The van der Waals surface area contributed by atoms with Crippen molar-refractivity contribution in [2.75, 3.05) is 26.2 Å². The lowest BCUT2D eigenvalue weighted by molar-refractivity contribution is -0.142. The first-order valence-corrected chi connectivity index (χ1v) is 7.12. The number of nitrogens with zero attached hydrogens (tertiary/aromatic N) is 2. The normalized spacial score (nSPS) is 33.0. The highest BCUT2D eigenvalue weighted by molar-refractivity contribution is 5.82. The number of urea groups is 1. The summed E-state index contributed by atoms with van der Waals surface area (Å²) in [7, 11) is 0. The first-order chi connectivity index (χ1) is 9.56. The standard InChI is InChI=1S/C13H19N3O4/c17-11(8-1-2-9(5-8)12(18)19)15-3-4-16-10(7-15)6-14-13(16)20/h8-10H,1-7H2,(H,14,20)(H,18,19)/t8-,9+,10?/m1/s1. The molecule has 3 atom stereocenters. The number of carboxylic acid groups (broad SMARTS) is 1. The van der Waals surface area contributed by atoms with Crippen molar-refractivity contribution in [2.24, 2.45) is 11.8 Å². The number of carboxylic acids is 1. The topological polar surface area (TPSA) is 90.0 Å². The molecule has 0 bridgehead atoms. The SMILES string of the molecule is O=C(O)[C@H]1CC[C@@H](C(=O)N2CCN3C(=O)NCC3C2)C1. The summed E-state index contributed by atoms with van der Waals surface area (Å²) in [6.45, 7) is 2.27. The minimum Gasteiger partial charge on any atom is -0.481 e. The summed E-state index contributed by atoms with van der Waals surface area (Å²) in [5, 5.41) is 11.8. The molecule has 20 heavy (non-hydrogen) atoms. The van der Waals surface area contributed by atoms with Crippen molar-refractivity contribution < 1.29 is 19.5 Å². The van der Waals surface area contributed by atoms with E-state index in [9.17, 15) is 14.4 Å². The number of fused-ring (bicyclic) bond motifs is 1. The van der Waals surface area contributed by atoms with E-state index in [2.05, 4.69) is 5.32 Å². The van der Waals surface area contributed by atoms with Crippen LogP contribution in [0.4, 0.5) is 4.79 Å². The first kappa shape index (κ1) is 13.2. The number of carbonyl (C=O) groups is 3. The number of aliphatic carboxylic acids is 1. The molecule has 0 aromatic rings. The number of piperazine rings is 1. The van der Waals surface area contributed by atoms with Crippen LogP contribution in [-0.2, 0) is 9.59 Å². The summed E-state index contributed by atoms with van der Waals surface area (Å²) in [5.74, 6) is -1.27. The van der Waals surface area contributed by atoms with Gasteiger partial charge >= 0.3 is 12.0 Å². The van der Waals surface area contributed by atoms with Gasteiger partial charge in [0, 0.05) is 32.1 Å². The maximum absolute atomic E-state index is 12.4. The van der Waals surface area contributed by atoms with Gasteiger partial charge in [-0.1, -0.05) is 0 Å². The lowest BCUT2D eigenvalue weighted by Gasteiger charge is -2.37. The van der Waals surface area contributed by atoms with Crippen molar-refractivity contribution in [3.8, 4) is 0 Å². The molecule has 3 fully saturated rings. The van der Waals surface area contributed by atoms with E-state index in [0.29, 0.717) is 45.4 Å². The summed E-state index contributed by atoms with van der Waals surface area (Å²) in [6.07, 6.45) is 1.71. The quantitative estimate of drug-likeness (QED) is 0.728. The van der Waals surface area contributed by atoms with Gasteiger partial charge in [-0.25, -0.2) is 4.79 Å². The fourth-order valence-electron chi connectivity index (χ4n) is 3.49. The molecule has 3 aliphatic rings. The lowest BCUT2D eigenvalue weighted by atomic mass is 10.0. The minimum atomic E-state index is -0.796. The van der Waals surface area contributed by atoms with Gasteiger partial charge in [0.15, 0.2) is 0 Å². The Morgan fingerprint density at radius 3 is 2.65 bits per heavy atom. The molecular formula is C13H19N3O4. The van der Waals surface area contributed by atoms with E-state index in [4.69, 9.17) is 5.11 Å². The second-order valence-corrected chi connectivity index (χ2v) is 5.86. The van der Waals surface area contributed by atoms with E-state index in [1.54, 1.807) is 9.80 Å². The smallest absolute Gasteiger partial charge is 0.317 e. The van der Waals surface area contributed by atoms with E-state index in [1.165, 1.54) is 0 Å². The van der Waals surface area contributed by atoms with Crippen LogP contribution < -0.4 is 5.32 Å². The van der Waals surface area contributed by atoms with Gasteiger partial charge in [-0.05, 0) is 19.3 Å². The van der Waals surface area contributed by atoms with Gasteiger partial charge in [-0.2, -0.15) is 0 Å². The summed E-state index contributed by atoms with van der Waals surface area (Å²) in [5.41, 5.74) is 0. The zero-order valence-corrected chi connectivity index (χ0v) is 11.2. The maximum atomic E-state index is 12.4. The van der Waals surface area contributed by atoms with Crippen LogP contribution >= 0.6 is 0 Å². The van der Waals surface area contributed by atoms with Crippen molar-refractivity contribution >= 4 is 17.9 Å². The number of hydrogen-bond donors (Lipinski definition) is 2. The largest absolute Gasteiger partial charge is 0.481 e. The van der Waals surface area contributed by atoms with Crippen LogP contribution in [0.3, 0.4) is 0 Å². The van der Waals surface area contributed by atoms with Crippen molar-refractivity contribution in [3.63, 3.8) is 0 Å². The zero-order chi connectivity index (χ0) is 14.3. The van der Waals surface area contributed by atoms with Crippen LogP contribution in [-0.4, -0.2) is 65.0 Å². The molecule has 7 heteroatoms. The molecule has 0 aromatic carbocycles. The van der Waals surface area contributed by atoms with E-state index in [0.717, 1.165) is 0 Å². The lowest BCUT2D eigenvalue weighted by Crippen LogP contribution is -2.54. The molecule has 1 saturated carbocycles. The number of hydrogen-bond acceptors (Lipinski definition) is 3. The molecule has 1 aliphatic carbocycles. The van der Waals surface area contributed by atoms with Gasteiger partial charge in [0.05, 0.1) is 12.0 Å². The third kappa shape index (κ3) is 2.21. The molecule has 3 amide bonds. The fraction of sp³-hybridized carbons (Fsp3) is 0.769. The van der Waals surface area contributed by atoms with E-state index in [-0.39, 0.29) is 29.8 Å². The van der Waals surface area contributed by atoms with Crippen LogP contribution in [0.1, 0.15) is 19.3 Å². The number of carbonyl (C=O) groups excluding carboxylic acids is 2. The van der Waals surface area contributed by atoms with Crippen molar-refractivity contribution in [3.05, 3.63) is 0 Å². The Hall–Kier alpha value is -1.79. The molecular weight excluding hydrogens is 262 g/mol. The molecule has 2 saturated heterocycles. The number of nitrogens with one attached hydrogen (secondary N) is 1. The second-order valence-electron chi connectivity index (χ2n) is 5.86. The molecule has 3 rings (SSSR count). The third-order valence-electron chi connectivity index (χ3n) is 4.68. The van der Waals surface area contributed by atoms with Crippen LogP contribution in [0.5, 0.6) is 0 Å². The predicted octanol–water partition coefficient (Wildman–Crippen LogP) is -0.277. The highest BCUT2D eigenvalue weighted by Crippen LogP contribution is 2.33. The van der Waals surface area contributed by atoms with Gasteiger partial charge in [-0.15, -0.1) is 0 Å². The fourth-order valence-corrected chi connectivity index (χ4v) is 3.49. The van der Waals surface area contributed by atoms with E-state index >= 15 is 0 Å². The monoisotopic (exact) mass is 281 g/mol. The van der Waals surface area contributed by atoms with Crippen LogP contribution in [0, 0.1) is 11.8 Å². The predicted molar refractivity (Wildman–Crippen MR) is 68.9 cm³/mol. The van der Waals surface area contributed by atoms with E-state index < -0.39 is 5.97 Å². The van der Waals surface area contributed by atoms with Gasteiger partial charge in [0.25, 0.3) is 0 Å². The summed E-state index contributed by atoms with van der Waals surface area (Å²) in [6, 6.07) is 0.0192. The Kier molecular flexibility index (Phi) is 3.27. The van der Waals surface area contributed by atoms with E-state index in [1.807, 2.05) is 0 Å². The Morgan fingerprint density at radius 1 is 1.20 bits per heavy atom. The molecule has 7 nitrogen and oxygen atoms in total. The maximum Gasteiger partial charge on any atom is 0.317 e. The van der Waals surface area contributed by atoms with Gasteiger partial charge in [0.2, 0.25) is 5.91 Å². The number of amides is 3. The molecule has 1 unspecified atom stereocenters. The Bertz CT molecular complexity index is 453. The number of rotatable bonds is 2. The second kappa shape index (κ2) is 4.96. The van der Waals surface area contributed by atoms with Gasteiger partial charge in [-0.3, -0.25) is 9.59 Å². The highest BCUT2D eigenvalue weighted by atomic mass is 16.4. The average Bonchev–Trinajstić information content (AvgIpc) is 3.05. The van der Waals surface area contributed by atoms with Crippen LogP contribution in [0.15, 0.2) is 0 Å². The molecule has 110 valence electrons. The molecule has 2 aliphatic heterocycles. The molecule has 2 N–H and O–H groups in total. The molecule has 0 aromatic heterocycles. The summed E-state index contributed by atoms with van der Waals surface area (Å²) < 4.78 is 0. The van der Waals surface area contributed by atoms with Crippen molar-refractivity contribution in [1.82, 2.24) is 15.1 Å². The third-order valence-corrected chi connectivity index (χ3v) is 4.68. The van der Waals surface area contributed by atoms with Crippen LogP contribution in [0.25, 0.3) is 0 Å². The summed E-state index contributed by atoms with van der Waals surface area (Å²) >= 11 is 0. The Labute approximate surface area is 116 Å². The average molecular weight is 281 g/mol. The Morgan fingerprint density at radius 2 is 1.95 bits per heavy atom. The van der Waals surface area contributed by atoms with Gasteiger partial charge < -0.3 is 20.2 Å². The summed E-state index contributed by atoms with van der Waals surface area (Å²) in [4.78, 5) is 38.5. The van der Waals surface area contributed by atoms with Crippen molar-refractivity contribution in [2.45, 2.75) is 25.3 Å². The van der Waals surface area contributed by atoms with Gasteiger partial charge in [0.1, 0.15) is 0 Å². The minimum absolute atomic E-state index is 0.0473. The molecule has 0 spiro atoms. The Balaban J connectivity index is 1.59. The van der Waals surface area contributed by atoms with Crippen LogP contribution in [0.2, 0.25) is 0 Å². The van der Waals surface area contributed by atoms with Crippen molar-refractivity contribution in [1.29, 1.82) is 0 Å².